The number of hydrogen-bond acceptors (Lipinski definition) is 2. The van der Waals surface area contributed by atoms with Crippen LogP contribution in [0.2, 0.25) is 0 Å². The summed E-state index contributed by atoms with van der Waals surface area (Å²) in [5, 5.41) is 5.00. The van der Waals surface area contributed by atoms with Gasteiger partial charge in [0, 0.05) is 6.04 Å². The SMILES string of the molecule is O=C1NC(=O)C2CCCC2N1. The van der Waals surface area contributed by atoms with Gasteiger partial charge in [0.1, 0.15) is 0 Å². The number of rotatable bonds is 0. The largest absolute Gasteiger partial charge is 0.334 e. The summed E-state index contributed by atoms with van der Waals surface area (Å²) < 4.78 is 0. The van der Waals surface area contributed by atoms with Gasteiger partial charge >= 0.3 is 6.03 Å². The molecule has 2 aliphatic rings. The predicted molar refractivity (Wildman–Crippen MR) is 37.8 cm³/mol. The Balaban J connectivity index is 2.16. The topological polar surface area (TPSA) is 58.2 Å². The third-order valence-corrected chi connectivity index (χ3v) is 2.41. The zero-order valence-corrected chi connectivity index (χ0v) is 6.09. The van der Waals surface area contributed by atoms with Crippen molar-refractivity contribution in [3.8, 4) is 0 Å². The van der Waals surface area contributed by atoms with Gasteiger partial charge in [-0.3, -0.25) is 10.1 Å². The first kappa shape index (κ1) is 6.64. The van der Waals surface area contributed by atoms with Gasteiger partial charge in [0.25, 0.3) is 0 Å². The second-order valence-electron chi connectivity index (χ2n) is 3.11. The van der Waals surface area contributed by atoms with Crippen molar-refractivity contribution < 1.29 is 9.59 Å². The number of nitrogens with one attached hydrogen (secondary N) is 2. The molecule has 0 aromatic rings. The maximum atomic E-state index is 11.1. The highest BCUT2D eigenvalue weighted by Crippen LogP contribution is 2.27. The zero-order valence-electron chi connectivity index (χ0n) is 6.09. The summed E-state index contributed by atoms with van der Waals surface area (Å²) >= 11 is 0. The van der Waals surface area contributed by atoms with E-state index in [9.17, 15) is 9.59 Å². The summed E-state index contributed by atoms with van der Waals surface area (Å²) in [5.74, 6) is -0.0658. The standard InChI is InChI=1S/C7H10N2O2/c10-6-4-2-1-3-5(4)8-7(11)9-6/h4-5H,1-3H2,(H2,8,9,10,11). The van der Waals surface area contributed by atoms with Gasteiger partial charge in [0.05, 0.1) is 5.92 Å². The summed E-state index contributed by atoms with van der Waals surface area (Å²) in [6, 6.07) is -0.227. The van der Waals surface area contributed by atoms with E-state index in [1.54, 1.807) is 0 Å². The highest BCUT2D eigenvalue weighted by atomic mass is 16.2. The van der Waals surface area contributed by atoms with Crippen LogP contribution < -0.4 is 10.6 Å². The van der Waals surface area contributed by atoms with Crippen LogP contribution in [0, 0.1) is 5.92 Å². The number of carbonyl (C=O) groups excluding carboxylic acids is 2. The van der Waals surface area contributed by atoms with E-state index in [1.165, 1.54) is 0 Å². The molecule has 0 radical (unpaired) electrons. The smallest absolute Gasteiger partial charge is 0.321 e. The molecular formula is C7H10N2O2. The molecule has 60 valence electrons. The van der Waals surface area contributed by atoms with Crippen LogP contribution in [0.1, 0.15) is 19.3 Å². The van der Waals surface area contributed by atoms with E-state index in [4.69, 9.17) is 0 Å². The number of amides is 3. The first-order valence-electron chi connectivity index (χ1n) is 3.89. The van der Waals surface area contributed by atoms with Crippen LogP contribution in [0.3, 0.4) is 0 Å². The minimum atomic E-state index is -0.335. The van der Waals surface area contributed by atoms with Gasteiger partial charge in [0.2, 0.25) is 5.91 Å². The zero-order chi connectivity index (χ0) is 7.84. The monoisotopic (exact) mass is 154 g/mol. The number of urea groups is 1. The van der Waals surface area contributed by atoms with E-state index < -0.39 is 0 Å². The van der Waals surface area contributed by atoms with Crippen molar-refractivity contribution in [2.45, 2.75) is 25.3 Å². The highest BCUT2D eigenvalue weighted by Gasteiger charge is 2.38. The Morgan fingerprint density at radius 1 is 1.27 bits per heavy atom. The fourth-order valence-electron chi connectivity index (χ4n) is 1.86. The molecular weight excluding hydrogens is 144 g/mol. The van der Waals surface area contributed by atoms with Crippen LogP contribution in [0.15, 0.2) is 0 Å². The van der Waals surface area contributed by atoms with Crippen LogP contribution in [0.25, 0.3) is 0 Å². The van der Waals surface area contributed by atoms with Gasteiger partial charge < -0.3 is 5.32 Å². The van der Waals surface area contributed by atoms with Gasteiger partial charge in [-0.25, -0.2) is 4.79 Å². The molecule has 0 spiro atoms. The molecule has 2 fully saturated rings. The number of hydrogen-bond donors (Lipinski definition) is 2. The molecule has 4 heteroatoms. The maximum absolute atomic E-state index is 11.1. The van der Waals surface area contributed by atoms with E-state index in [1.807, 2.05) is 0 Å². The second kappa shape index (κ2) is 2.22. The summed E-state index contributed by atoms with van der Waals surface area (Å²) in [7, 11) is 0. The fourth-order valence-corrected chi connectivity index (χ4v) is 1.86. The molecule has 1 saturated heterocycles. The molecule has 2 N–H and O–H groups in total. The van der Waals surface area contributed by atoms with Crippen molar-refractivity contribution in [1.29, 1.82) is 0 Å². The van der Waals surface area contributed by atoms with Crippen molar-refractivity contribution in [3.63, 3.8) is 0 Å². The maximum Gasteiger partial charge on any atom is 0.321 e. The second-order valence-corrected chi connectivity index (χ2v) is 3.11. The Hall–Kier alpha value is -1.06. The van der Waals surface area contributed by atoms with Crippen molar-refractivity contribution in [1.82, 2.24) is 10.6 Å². The molecule has 0 aromatic carbocycles. The van der Waals surface area contributed by atoms with Crippen molar-refractivity contribution >= 4 is 11.9 Å². The molecule has 3 amide bonds. The molecule has 1 aliphatic heterocycles. The Morgan fingerprint density at radius 3 is 2.91 bits per heavy atom. The summed E-state index contributed by atoms with van der Waals surface area (Å²) in [4.78, 5) is 21.9. The predicted octanol–water partition coefficient (Wildman–Crippen LogP) is -0.00550. The average Bonchev–Trinajstić information content (AvgIpc) is 2.34. The number of imide groups is 1. The third kappa shape index (κ3) is 0.982. The van der Waals surface area contributed by atoms with Gasteiger partial charge in [-0.05, 0) is 12.8 Å². The van der Waals surface area contributed by atoms with Gasteiger partial charge in [-0.2, -0.15) is 0 Å². The van der Waals surface area contributed by atoms with E-state index in [0.29, 0.717) is 0 Å². The van der Waals surface area contributed by atoms with Crippen LogP contribution in [-0.4, -0.2) is 18.0 Å². The van der Waals surface area contributed by atoms with Crippen molar-refractivity contribution in [2.24, 2.45) is 5.92 Å². The molecule has 2 unspecified atom stereocenters. The molecule has 1 heterocycles. The van der Waals surface area contributed by atoms with Crippen LogP contribution in [0.5, 0.6) is 0 Å². The quantitative estimate of drug-likeness (QED) is 0.515. The Bertz CT molecular complexity index is 214. The van der Waals surface area contributed by atoms with Gasteiger partial charge in [-0.1, -0.05) is 6.42 Å². The molecule has 2 rings (SSSR count). The lowest BCUT2D eigenvalue weighted by atomic mass is 10.0. The minimum absolute atomic E-state index is 0.0349. The molecule has 0 aromatic heterocycles. The van der Waals surface area contributed by atoms with Crippen LogP contribution >= 0.6 is 0 Å². The van der Waals surface area contributed by atoms with Gasteiger partial charge in [-0.15, -0.1) is 0 Å². The molecule has 2 atom stereocenters. The lowest BCUT2D eigenvalue weighted by Gasteiger charge is -2.25. The molecule has 0 bridgehead atoms. The van der Waals surface area contributed by atoms with Crippen LogP contribution in [0.4, 0.5) is 4.79 Å². The highest BCUT2D eigenvalue weighted by molar-refractivity contribution is 5.98. The van der Waals surface area contributed by atoms with E-state index in [0.717, 1.165) is 19.3 Å². The fraction of sp³-hybridized carbons (Fsp3) is 0.714. The van der Waals surface area contributed by atoms with Crippen LogP contribution in [-0.2, 0) is 4.79 Å². The average molecular weight is 154 g/mol. The van der Waals surface area contributed by atoms with Crippen molar-refractivity contribution in [2.75, 3.05) is 0 Å². The lowest BCUT2D eigenvalue weighted by molar-refractivity contribution is -0.125. The third-order valence-electron chi connectivity index (χ3n) is 2.41. The Kier molecular flexibility index (Phi) is 1.34. The summed E-state index contributed by atoms with van der Waals surface area (Å²) in [6.07, 6.45) is 2.91. The molecule has 1 aliphatic carbocycles. The number of fused-ring (bicyclic) bond motifs is 1. The van der Waals surface area contributed by atoms with Gasteiger partial charge in [0.15, 0.2) is 0 Å². The first-order chi connectivity index (χ1) is 5.27. The van der Waals surface area contributed by atoms with Crippen molar-refractivity contribution in [3.05, 3.63) is 0 Å². The molecule has 11 heavy (non-hydrogen) atoms. The number of carbonyl (C=O) groups is 2. The Labute approximate surface area is 64.3 Å². The minimum Gasteiger partial charge on any atom is -0.334 e. The normalized spacial score (nSPS) is 36.0. The van der Waals surface area contributed by atoms with E-state index in [-0.39, 0.29) is 23.9 Å². The summed E-state index contributed by atoms with van der Waals surface area (Å²) in [6.45, 7) is 0. The first-order valence-corrected chi connectivity index (χ1v) is 3.89. The molecule has 4 nitrogen and oxygen atoms in total. The Morgan fingerprint density at radius 2 is 2.09 bits per heavy atom. The van der Waals surface area contributed by atoms with E-state index in [2.05, 4.69) is 10.6 Å². The summed E-state index contributed by atoms with van der Waals surface area (Å²) in [5.41, 5.74) is 0. The molecule has 1 saturated carbocycles. The lowest BCUT2D eigenvalue weighted by Crippen LogP contribution is -2.56. The van der Waals surface area contributed by atoms with E-state index >= 15 is 0 Å².